The zero-order chi connectivity index (χ0) is 29.5. The van der Waals surface area contributed by atoms with Gasteiger partial charge in [0.15, 0.2) is 0 Å². The Morgan fingerprint density at radius 1 is 1.02 bits per heavy atom. The third kappa shape index (κ3) is 6.40. The minimum absolute atomic E-state index is 0.0974. The van der Waals surface area contributed by atoms with E-state index >= 15 is 0 Å². The molecule has 1 heterocycles. The van der Waals surface area contributed by atoms with Crippen molar-refractivity contribution < 1.29 is 33.3 Å². The number of amides is 1. The van der Waals surface area contributed by atoms with Crippen molar-refractivity contribution >= 4 is 29.2 Å². The van der Waals surface area contributed by atoms with Gasteiger partial charge in [-0.15, -0.1) is 0 Å². The summed E-state index contributed by atoms with van der Waals surface area (Å²) in [6, 6.07) is 17.8. The molecule has 0 aromatic heterocycles. The second-order valence-corrected chi connectivity index (χ2v) is 9.52. The van der Waals surface area contributed by atoms with E-state index in [9.17, 15) is 14.9 Å². The molecule has 4 rings (SSSR count). The van der Waals surface area contributed by atoms with Crippen LogP contribution in [0.1, 0.15) is 48.6 Å². The monoisotopic (exact) mass is 578 g/mol. The SMILES string of the molecule is CCOC(=O)C[C@H]1O[C@H](c2cccc(OCC)c2C#N)c2cc(Cl)ccc2N(Cc2ccc(OC)cc2OC)C1=O. The number of hydrogen-bond acceptors (Lipinski definition) is 8. The van der Waals surface area contributed by atoms with Gasteiger partial charge in [0.05, 0.1) is 46.1 Å². The van der Waals surface area contributed by atoms with Crippen LogP contribution in [-0.2, 0) is 25.6 Å². The zero-order valence-corrected chi connectivity index (χ0v) is 24.1. The topological polar surface area (TPSA) is 107 Å². The molecule has 0 saturated carbocycles. The van der Waals surface area contributed by atoms with E-state index in [4.69, 9.17) is 35.3 Å². The van der Waals surface area contributed by atoms with Crippen LogP contribution in [-0.4, -0.2) is 45.4 Å². The molecule has 0 saturated heterocycles. The smallest absolute Gasteiger partial charge is 0.308 e. The fourth-order valence-electron chi connectivity index (χ4n) is 4.79. The van der Waals surface area contributed by atoms with Crippen LogP contribution in [0, 0.1) is 11.3 Å². The first-order valence-corrected chi connectivity index (χ1v) is 13.5. The number of methoxy groups -OCH3 is 2. The Kier molecular flexibility index (Phi) is 9.71. The van der Waals surface area contributed by atoms with Gasteiger partial charge in [-0.25, -0.2) is 0 Å². The van der Waals surface area contributed by atoms with E-state index in [1.165, 1.54) is 7.11 Å². The van der Waals surface area contributed by atoms with Crippen LogP contribution in [0.5, 0.6) is 17.2 Å². The molecule has 10 heteroatoms. The summed E-state index contributed by atoms with van der Waals surface area (Å²) in [7, 11) is 3.09. The molecule has 0 aliphatic carbocycles. The number of nitrogens with zero attached hydrogens (tertiary/aromatic N) is 2. The van der Waals surface area contributed by atoms with E-state index in [1.807, 2.05) is 13.0 Å². The molecule has 41 heavy (non-hydrogen) atoms. The fourth-order valence-corrected chi connectivity index (χ4v) is 4.98. The number of halogens is 1. The molecule has 9 nitrogen and oxygen atoms in total. The molecular weight excluding hydrogens is 548 g/mol. The van der Waals surface area contributed by atoms with E-state index in [0.717, 1.165) is 0 Å². The van der Waals surface area contributed by atoms with Gasteiger partial charge in [0.2, 0.25) is 0 Å². The van der Waals surface area contributed by atoms with Crippen molar-refractivity contribution in [3.63, 3.8) is 0 Å². The van der Waals surface area contributed by atoms with E-state index in [2.05, 4.69) is 6.07 Å². The highest BCUT2D eigenvalue weighted by Crippen LogP contribution is 2.43. The summed E-state index contributed by atoms with van der Waals surface area (Å²) in [4.78, 5) is 28.3. The summed E-state index contributed by atoms with van der Waals surface area (Å²) in [5, 5.41) is 10.5. The van der Waals surface area contributed by atoms with Crippen LogP contribution < -0.4 is 19.1 Å². The van der Waals surface area contributed by atoms with E-state index in [1.54, 1.807) is 67.5 Å². The van der Waals surface area contributed by atoms with Gasteiger partial charge in [-0.05, 0) is 50.2 Å². The van der Waals surface area contributed by atoms with E-state index < -0.39 is 24.1 Å². The number of nitriles is 1. The first-order chi connectivity index (χ1) is 19.8. The molecule has 0 unspecified atom stereocenters. The summed E-state index contributed by atoms with van der Waals surface area (Å²) in [6.45, 7) is 4.12. The molecule has 0 radical (unpaired) electrons. The van der Waals surface area contributed by atoms with E-state index in [0.29, 0.717) is 51.3 Å². The highest BCUT2D eigenvalue weighted by atomic mass is 35.5. The standard InChI is InChI=1S/C31H31ClN2O7/c1-5-39-26-9-7-8-22(24(26)17-33)30-23-14-20(32)11-13-25(23)34(31(36)28(41-30)16-29(35)40-6-2)18-19-10-12-21(37-3)15-27(19)38-4/h7-15,28,30H,5-6,16,18H2,1-4H3/t28-,30-/m1/s1. The number of carbonyl (C=O) groups excluding carboxylic acids is 2. The Bertz CT molecular complexity index is 1470. The Balaban J connectivity index is 1.91. The van der Waals surface area contributed by atoms with Crippen LogP contribution in [0.2, 0.25) is 5.02 Å². The Labute approximate surface area is 244 Å². The maximum atomic E-state index is 14.2. The van der Waals surface area contributed by atoms with Crippen molar-refractivity contribution in [3.8, 4) is 23.3 Å². The third-order valence-electron chi connectivity index (χ3n) is 6.64. The maximum absolute atomic E-state index is 14.2. The zero-order valence-electron chi connectivity index (χ0n) is 23.3. The van der Waals surface area contributed by atoms with Gasteiger partial charge in [-0.1, -0.05) is 23.7 Å². The molecular formula is C31H31ClN2O7. The van der Waals surface area contributed by atoms with Crippen LogP contribution >= 0.6 is 11.6 Å². The molecule has 0 fully saturated rings. The van der Waals surface area contributed by atoms with Crippen molar-refractivity contribution in [2.24, 2.45) is 0 Å². The maximum Gasteiger partial charge on any atom is 0.308 e. The lowest BCUT2D eigenvalue weighted by Crippen LogP contribution is -2.40. The van der Waals surface area contributed by atoms with Crippen molar-refractivity contribution in [1.82, 2.24) is 0 Å². The Hall–Kier alpha value is -4.26. The molecule has 1 amide bonds. The Morgan fingerprint density at radius 2 is 1.83 bits per heavy atom. The number of hydrogen-bond donors (Lipinski definition) is 0. The number of esters is 1. The van der Waals surface area contributed by atoms with Crippen molar-refractivity contribution in [3.05, 3.63) is 81.9 Å². The predicted molar refractivity (Wildman–Crippen MR) is 152 cm³/mol. The molecule has 3 aromatic carbocycles. The van der Waals surface area contributed by atoms with Gasteiger partial charge in [-0.3, -0.25) is 9.59 Å². The molecule has 0 spiro atoms. The van der Waals surface area contributed by atoms with Crippen LogP contribution in [0.4, 0.5) is 5.69 Å². The number of ether oxygens (including phenoxy) is 5. The minimum atomic E-state index is -1.23. The highest BCUT2D eigenvalue weighted by molar-refractivity contribution is 6.30. The Morgan fingerprint density at radius 3 is 2.51 bits per heavy atom. The lowest BCUT2D eigenvalue weighted by atomic mass is 9.95. The van der Waals surface area contributed by atoms with E-state index in [-0.39, 0.29) is 25.1 Å². The van der Waals surface area contributed by atoms with Crippen LogP contribution in [0.15, 0.2) is 54.6 Å². The van der Waals surface area contributed by atoms with Crippen LogP contribution in [0.25, 0.3) is 0 Å². The van der Waals surface area contributed by atoms with Crippen molar-refractivity contribution in [1.29, 1.82) is 5.26 Å². The molecule has 3 aromatic rings. The molecule has 2 atom stereocenters. The molecule has 0 bridgehead atoms. The molecule has 214 valence electrons. The van der Waals surface area contributed by atoms with Gasteiger partial charge in [0.25, 0.3) is 5.91 Å². The predicted octanol–water partition coefficient (Wildman–Crippen LogP) is 5.60. The summed E-state index contributed by atoms with van der Waals surface area (Å²) in [5.74, 6) is 0.465. The number of fused-ring (bicyclic) bond motifs is 1. The highest BCUT2D eigenvalue weighted by Gasteiger charge is 2.39. The fraction of sp³-hybridized carbons (Fsp3) is 0.323. The quantitative estimate of drug-likeness (QED) is 0.286. The average Bonchev–Trinajstić information content (AvgIpc) is 3.07. The van der Waals surface area contributed by atoms with Crippen LogP contribution in [0.3, 0.4) is 0 Å². The summed E-state index contributed by atoms with van der Waals surface area (Å²) < 4.78 is 28.2. The van der Waals surface area contributed by atoms with Crippen molar-refractivity contribution in [2.75, 3.05) is 32.3 Å². The average molecular weight is 579 g/mol. The largest absolute Gasteiger partial charge is 0.497 e. The molecule has 1 aliphatic heterocycles. The summed E-state index contributed by atoms with van der Waals surface area (Å²) in [5.41, 5.74) is 2.51. The third-order valence-corrected chi connectivity index (χ3v) is 6.87. The number of carbonyl (C=O) groups is 2. The van der Waals surface area contributed by atoms with Gasteiger partial charge in [0.1, 0.15) is 41.1 Å². The second kappa shape index (κ2) is 13.4. The number of rotatable bonds is 10. The number of benzene rings is 3. The second-order valence-electron chi connectivity index (χ2n) is 9.08. The first kappa shape index (κ1) is 29.7. The minimum Gasteiger partial charge on any atom is -0.497 e. The molecule has 1 aliphatic rings. The first-order valence-electron chi connectivity index (χ1n) is 13.1. The van der Waals surface area contributed by atoms with Gasteiger partial charge >= 0.3 is 5.97 Å². The summed E-state index contributed by atoms with van der Waals surface area (Å²) >= 11 is 6.47. The number of anilines is 1. The van der Waals surface area contributed by atoms with Gasteiger partial charge in [0, 0.05) is 27.8 Å². The van der Waals surface area contributed by atoms with Gasteiger partial charge in [-0.2, -0.15) is 5.26 Å². The van der Waals surface area contributed by atoms with Gasteiger partial charge < -0.3 is 28.6 Å². The lowest BCUT2D eigenvalue weighted by Gasteiger charge is -2.26. The lowest BCUT2D eigenvalue weighted by molar-refractivity contribution is -0.151. The van der Waals surface area contributed by atoms with Crippen molar-refractivity contribution in [2.45, 2.75) is 39.0 Å². The molecule has 0 N–H and O–H groups in total. The normalized spacial score (nSPS) is 16.3. The summed E-state index contributed by atoms with van der Waals surface area (Å²) in [6.07, 6.45) is -2.48.